The molecule has 0 aromatic carbocycles. The van der Waals surface area contributed by atoms with Gasteiger partial charge >= 0.3 is 18.2 Å². The molecular weight excluding hydrogens is 362 g/mol. The van der Waals surface area contributed by atoms with Crippen molar-refractivity contribution in [3.8, 4) is 0 Å². The molecular formula is C17H25NO9. The third-order valence-corrected chi connectivity index (χ3v) is 4.00. The van der Waals surface area contributed by atoms with Crippen LogP contribution in [0.4, 0.5) is 9.59 Å². The zero-order valence-electron chi connectivity index (χ0n) is 16.2. The second-order valence-corrected chi connectivity index (χ2v) is 6.95. The van der Waals surface area contributed by atoms with E-state index in [4.69, 9.17) is 9.47 Å². The number of ether oxygens (including phenoxy) is 4. The van der Waals surface area contributed by atoms with Crippen LogP contribution in [0.3, 0.4) is 0 Å². The summed E-state index contributed by atoms with van der Waals surface area (Å²) >= 11 is 0. The lowest BCUT2D eigenvalue weighted by molar-refractivity contribution is -0.196. The minimum absolute atomic E-state index is 0.524. The SMILES string of the molecule is C=C[C@H]1[C@@H](OC(=O)OC)[C@H](C)N(C(=O)OC(C)(C)C)C(=O)[C@@]1(O)C(=O)OC. The van der Waals surface area contributed by atoms with Crippen LogP contribution in [-0.2, 0) is 28.5 Å². The molecule has 0 radical (unpaired) electrons. The average molecular weight is 387 g/mol. The topological polar surface area (TPSA) is 129 Å². The number of hydrogen-bond acceptors (Lipinski definition) is 9. The molecule has 10 heteroatoms. The number of esters is 1. The van der Waals surface area contributed by atoms with Crippen LogP contribution >= 0.6 is 0 Å². The molecule has 1 N–H and O–H groups in total. The zero-order chi connectivity index (χ0) is 21.2. The Hall–Kier alpha value is -2.62. The molecule has 10 nitrogen and oxygen atoms in total. The maximum Gasteiger partial charge on any atom is 0.508 e. The third-order valence-electron chi connectivity index (χ3n) is 4.00. The number of nitrogens with zero attached hydrogens (tertiary/aromatic N) is 1. The van der Waals surface area contributed by atoms with Crippen LogP contribution in [-0.4, -0.2) is 71.7 Å². The smallest absolute Gasteiger partial charge is 0.466 e. The first-order valence-electron chi connectivity index (χ1n) is 8.09. The number of carbonyl (C=O) groups excluding carboxylic acids is 4. The number of imide groups is 1. The fourth-order valence-corrected chi connectivity index (χ4v) is 2.77. The summed E-state index contributed by atoms with van der Waals surface area (Å²) in [6.07, 6.45) is -2.53. The zero-order valence-corrected chi connectivity index (χ0v) is 16.2. The van der Waals surface area contributed by atoms with Gasteiger partial charge in [-0.15, -0.1) is 6.58 Å². The quantitative estimate of drug-likeness (QED) is 0.326. The van der Waals surface area contributed by atoms with Crippen molar-refractivity contribution < 1.29 is 43.2 Å². The monoisotopic (exact) mass is 387 g/mol. The number of piperidine rings is 1. The molecule has 1 aliphatic rings. The standard InChI is InChI=1S/C17H25NO9/c1-8-10-11(26-15(22)25-7)9(2)18(14(21)27-16(3,4)5)12(19)17(10,23)13(20)24-6/h8-11,23H,1H2,2-7H3/t9-,10-,11-,17+/m0/s1. The highest BCUT2D eigenvalue weighted by atomic mass is 16.7. The minimum Gasteiger partial charge on any atom is -0.466 e. The van der Waals surface area contributed by atoms with E-state index in [0.717, 1.165) is 20.3 Å². The first-order valence-corrected chi connectivity index (χ1v) is 8.09. The number of amides is 2. The van der Waals surface area contributed by atoms with Gasteiger partial charge in [0.1, 0.15) is 11.7 Å². The summed E-state index contributed by atoms with van der Waals surface area (Å²) in [5, 5.41) is 10.9. The predicted molar refractivity (Wildman–Crippen MR) is 90.5 cm³/mol. The van der Waals surface area contributed by atoms with Crippen LogP contribution in [0.1, 0.15) is 27.7 Å². The highest BCUT2D eigenvalue weighted by Gasteiger charge is 2.64. The number of methoxy groups -OCH3 is 2. The highest BCUT2D eigenvalue weighted by Crippen LogP contribution is 2.37. The van der Waals surface area contributed by atoms with E-state index in [9.17, 15) is 24.3 Å². The van der Waals surface area contributed by atoms with Gasteiger partial charge in [-0.1, -0.05) is 6.08 Å². The van der Waals surface area contributed by atoms with Crippen molar-refractivity contribution in [3.63, 3.8) is 0 Å². The van der Waals surface area contributed by atoms with Gasteiger partial charge in [0.25, 0.3) is 11.5 Å². The summed E-state index contributed by atoms with van der Waals surface area (Å²) in [7, 11) is 2.02. The van der Waals surface area contributed by atoms with Gasteiger partial charge in [-0.3, -0.25) is 4.79 Å². The maximum atomic E-state index is 12.9. The Morgan fingerprint density at radius 1 is 1.22 bits per heavy atom. The molecule has 0 unspecified atom stereocenters. The van der Waals surface area contributed by atoms with Gasteiger partial charge in [0, 0.05) is 0 Å². The van der Waals surface area contributed by atoms with Gasteiger partial charge in [0.15, 0.2) is 0 Å². The molecule has 0 aliphatic carbocycles. The summed E-state index contributed by atoms with van der Waals surface area (Å²) in [6, 6.07) is -1.10. The molecule has 152 valence electrons. The van der Waals surface area contributed by atoms with Crippen LogP contribution in [0.5, 0.6) is 0 Å². The summed E-state index contributed by atoms with van der Waals surface area (Å²) < 4.78 is 19.3. The van der Waals surface area contributed by atoms with Gasteiger partial charge in [0.2, 0.25) is 0 Å². The summed E-state index contributed by atoms with van der Waals surface area (Å²) in [5.41, 5.74) is -3.81. The number of rotatable bonds is 3. The van der Waals surface area contributed by atoms with E-state index >= 15 is 0 Å². The first-order chi connectivity index (χ1) is 12.3. The Kier molecular flexibility index (Phi) is 6.60. The lowest BCUT2D eigenvalue weighted by Gasteiger charge is -2.47. The van der Waals surface area contributed by atoms with E-state index in [-0.39, 0.29) is 0 Å². The lowest BCUT2D eigenvalue weighted by Crippen LogP contribution is -2.72. The van der Waals surface area contributed by atoms with Gasteiger partial charge in [0.05, 0.1) is 26.2 Å². The van der Waals surface area contributed by atoms with Crippen molar-refractivity contribution in [2.75, 3.05) is 14.2 Å². The number of carbonyl (C=O) groups is 4. The predicted octanol–water partition coefficient (Wildman–Crippen LogP) is 1.01. The fourth-order valence-electron chi connectivity index (χ4n) is 2.77. The first kappa shape index (κ1) is 22.4. The third kappa shape index (κ3) is 4.21. The van der Waals surface area contributed by atoms with Crippen molar-refractivity contribution in [2.24, 2.45) is 5.92 Å². The largest absolute Gasteiger partial charge is 0.508 e. The highest BCUT2D eigenvalue weighted by molar-refractivity contribution is 6.11. The number of hydrogen-bond donors (Lipinski definition) is 1. The van der Waals surface area contributed by atoms with Crippen molar-refractivity contribution in [1.82, 2.24) is 4.90 Å². The molecule has 1 fully saturated rings. The van der Waals surface area contributed by atoms with Crippen LogP contribution < -0.4 is 0 Å². The molecule has 1 heterocycles. The molecule has 1 saturated heterocycles. The molecule has 0 saturated carbocycles. The van der Waals surface area contributed by atoms with Crippen LogP contribution in [0, 0.1) is 5.92 Å². The van der Waals surface area contributed by atoms with Gasteiger partial charge in [-0.05, 0) is 27.7 Å². The van der Waals surface area contributed by atoms with Gasteiger partial charge < -0.3 is 24.1 Å². The van der Waals surface area contributed by atoms with E-state index < -0.39 is 53.4 Å². The Morgan fingerprint density at radius 3 is 2.19 bits per heavy atom. The van der Waals surface area contributed by atoms with Crippen LogP contribution in [0.25, 0.3) is 0 Å². The summed E-state index contributed by atoms with van der Waals surface area (Å²) in [4.78, 5) is 49.9. The molecule has 4 atom stereocenters. The van der Waals surface area contributed by atoms with Crippen molar-refractivity contribution in [1.29, 1.82) is 0 Å². The van der Waals surface area contributed by atoms with Crippen molar-refractivity contribution in [2.45, 2.75) is 51.0 Å². The molecule has 27 heavy (non-hydrogen) atoms. The van der Waals surface area contributed by atoms with Crippen LogP contribution in [0.15, 0.2) is 12.7 Å². The van der Waals surface area contributed by atoms with Gasteiger partial charge in [-0.2, -0.15) is 0 Å². The van der Waals surface area contributed by atoms with Crippen LogP contribution in [0.2, 0.25) is 0 Å². The van der Waals surface area contributed by atoms with E-state index in [1.165, 1.54) is 6.92 Å². The van der Waals surface area contributed by atoms with E-state index in [2.05, 4.69) is 16.1 Å². The van der Waals surface area contributed by atoms with Gasteiger partial charge in [-0.25, -0.2) is 19.3 Å². The summed E-state index contributed by atoms with van der Waals surface area (Å²) in [6.45, 7) is 9.61. The Labute approximate surface area is 157 Å². The van der Waals surface area contributed by atoms with Crippen molar-refractivity contribution in [3.05, 3.63) is 12.7 Å². The van der Waals surface area contributed by atoms with E-state index in [1.807, 2.05) is 0 Å². The molecule has 0 aromatic heterocycles. The Bertz CT molecular complexity index is 639. The molecule has 1 rings (SSSR count). The van der Waals surface area contributed by atoms with Crippen molar-refractivity contribution >= 4 is 24.1 Å². The molecule has 1 aliphatic heterocycles. The fraction of sp³-hybridized carbons (Fsp3) is 0.647. The van der Waals surface area contributed by atoms with E-state index in [1.54, 1.807) is 20.8 Å². The molecule has 0 bridgehead atoms. The average Bonchev–Trinajstić information content (AvgIpc) is 2.57. The number of likely N-dealkylation sites (tertiary alicyclic amines) is 1. The molecule has 0 aromatic rings. The maximum absolute atomic E-state index is 12.9. The normalized spacial score (nSPS) is 28.2. The number of aliphatic hydroxyl groups is 1. The minimum atomic E-state index is -2.85. The molecule has 0 spiro atoms. The second-order valence-electron chi connectivity index (χ2n) is 6.95. The van der Waals surface area contributed by atoms with E-state index in [0.29, 0.717) is 4.90 Å². The lowest BCUT2D eigenvalue weighted by atomic mass is 9.75. The molecule has 2 amide bonds. The Balaban J connectivity index is 3.50. The second kappa shape index (κ2) is 7.95. The Morgan fingerprint density at radius 2 is 1.78 bits per heavy atom. The summed E-state index contributed by atoms with van der Waals surface area (Å²) in [5.74, 6) is -4.01.